The van der Waals surface area contributed by atoms with Gasteiger partial charge in [0.15, 0.2) is 0 Å². The molecule has 0 bridgehead atoms. The van der Waals surface area contributed by atoms with E-state index in [1.54, 1.807) is 4.52 Å². The molecule has 0 aliphatic carbocycles. The third-order valence-corrected chi connectivity index (χ3v) is 5.94. The topological polar surface area (TPSA) is 139 Å². The Morgan fingerprint density at radius 2 is 1.94 bits per heavy atom. The van der Waals surface area contributed by atoms with Crippen LogP contribution in [0, 0.1) is 0 Å². The van der Waals surface area contributed by atoms with Gasteiger partial charge in [0, 0.05) is 25.1 Å². The number of ether oxygens (including phenoxy) is 1. The van der Waals surface area contributed by atoms with E-state index in [1.807, 2.05) is 0 Å². The van der Waals surface area contributed by atoms with E-state index in [1.165, 1.54) is 41.4 Å². The molecule has 0 spiro atoms. The number of hydrogen-bond donors (Lipinski definition) is 2. The molecule has 11 nitrogen and oxygen atoms in total. The largest absolute Gasteiger partial charge is 0.573 e. The highest BCUT2D eigenvalue weighted by Gasteiger charge is 2.31. The van der Waals surface area contributed by atoms with Crippen molar-refractivity contribution in [1.82, 2.24) is 29.6 Å². The van der Waals surface area contributed by atoms with E-state index in [4.69, 9.17) is 4.52 Å². The standard InChI is InChI=1S/C22H19F3N6O5/c23-22(24,25)35-14-3-1-12(2-4-14)9-18-28-19(29-36-18)15-11-26-31-16(10-17(32)27-20(15)31)13-5-7-30(8-6-13)21(33)34/h1-4,10-11,13H,5-9H2,(H,27,32)(H,33,34). The lowest BCUT2D eigenvalue weighted by Gasteiger charge is -2.30. The maximum atomic E-state index is 12.4. The van der Waals surface area contributed by atoms with Crippen LogP contribution in [0.4, 0.5) is 18.0 Å². The van der Waals surface area contributed by atoms with Crippen molar-refractivity contribution in [2.24, 2.45) is 0 Å². The third kappa shape index (κ3) is 4.87. The average Bonchev–Trinajstić information content (AvgIpc) is 3.45. The first kappa shape index (κ1) is 23.4. The first-order valence-corrected chi connectivity index (χ1v) is 10.9. The van der Waals surface area contributed by atoms with Gasteiger partial charge in [-0.05, 0) is 30.5 Å². The van der Waals surface area contributed by atoms with Crippen LogP contribution < -0.4 is 10.3 Å². The number of piperidine rings is 1. The van der Waals surface area contributed by atoms with Crippen molar-refractivity contribution >= 4 is 11.7 Å². The molecule has 4 aromatic rings. The van der Waals surface area contributed by atoms with Crippen molar-refractivity contribution in [2.75, 3.05) is 13.1 Å². The molecular weight excluding hydrogens is 485 g/mol. The third-order valence-electron chi connectivity index (χ3n) is 5.94. The van der Waals surface area contributed by atoms with Gasteiger partial charge in [0.1, 0.15) is 11.4 Å². The van der Waals surface area contributed by atoms with Gasteiger partial charge in [-0.1, -0.05) is 17.3 Å². The number of aromatic nitrogens is 5. The lowest BCUT2D eigenvalue weighted by molar-refractivity contribution is -0.274. The molecule has 4 heterocycles. The number of carboxylic acid groups (broad SMARTS) is 1. The fourth-order valence-corrected chi connectivity index (χ4v) is 4.25. The molecule has 1 aliphatic heterocycles. The van der Waals surface area contributed by atoms with Gasteiger partial charge in [-0.15, -0.1) is 13.2 Å². The lowest BCUT2D eigenvalue weighted by Crippen LogP contribution is -2.37. The number of H-pyrrole nitrogens is 1. The van der Waals surface area contributed by atoms with Crippen molar-refractivity contribution in [3.8, 4) is 17.1 Å². The molecule has 0 unspecified atom stereocenters. The second kappa shape index (κ2) is 9.02. The summed E-state index contributed by atoms with van der Waals surface area (Å²) in [5, 5.41) is 17.5. The normalized spacial score (nSPS) is 14.9. The van der Waals surface area contributed by atoms with Crippen molar-refractivity contribution < 1.29 is 32.3 Å². The Hall–Kier alpha value is -4.36. The SMILES string of the molecule is O=C(O)N1CCC(c2cc(=O)[nH]c3c(-c4noc(Cc5ccc(OC(F)(F)F)cc5)n4)cnn23)CC1. The first-order valence-electron chi connectivity index (χ1n) is 10.9. The molecule has 5 rings (SSSR count). The summed E-state index contributed by atoms with van der Waals surface area (Å²) in [6, 6.07) is 6.76. The summed E-state index contributed by atoms with van der Waals surface area (Å²) >= 11 is 0. The summed E-state index contributed by atoms with van der Waals surface area (Å²) in [4.78, 5) is 32.0. The van der Waals surface area contributed by atoms with Crippen LogP contribution >= 0.6 is 0 Å². The molecule has 1 fully saturated rings. The Bertz CT molecular complexity index is 1450. The molecule has 188 valence electrons. The van der Waals surface area contributed by atoms with Crippen LogP contribution in [-0.2, 0) is 6.42 Å². The highest BCUT2D eigenvalue weighted by molar-refractivity contribution is 5.72. The van der Waals surface area contributed by atoms with Gasteiger partial charge in [0.25, 0.3) is 5.56 Å². The number of nitrogens with zero attached hydrogens (tertiary/aromatic N) is 5. The molecule has 0 saturated carbocycles. The molecule has 0 radical (unpaired) electrons. The minimum absolute atomic E-state index is 0.0525. The minimum atomic E-state index is -4.77. The van der Waals surface area contributed by atoms with Crippen LogP contribution in [0.2, 0.25) is 0 Å². The zero-order valence-electron chi connectivity index (χ0n) is 18.5. The van der Waals surface area contributed by atoms with E-state index in [0.717, 1.165) is 0 Å². The van der Waals surface area contributed by atoms with Crippen molar-refractivity contribution in [3.05, 3.63) is 64.0 Å². The number of alkyl halides is 3. The molecule has 1 aliphatic rings. The maximum absolute atomic E-state index is 12.4. The Kier molecular flexibility index (Phi) is 5.86. The van der Waals surface area contributed by atoms with Crippen LogP contribution in [0.3, 0.4) is 0 Å². The molecule has 1 amide bonds. The minimum Gasteiger partial charge on any atom is -0.465 e. The first-order chi connectivity index (χ1) is 17.2. The highest BCUT2D eigenvalue weighted by atomic mass is 19.4. The number of nitrogens with one attached hydrogen (secondary N) is 1. The van der Waals surface area contributed by atoms with E-state index in [-0.39, 0.29) is 35.4 Å². The van der Waals surface area contributed by atoms with E-state index < -0.39 is 12.5 Å². The van der Waals surface area contributed by atoms with Crippen LogP contribution in [0.15, 0.2) is 45.8 Å². The number of amides is 1. The maximum Gasteiger partial charge on any atom is 0.573 e. The number of rotatable bonds is 5. The smallest absolute Gasteiger partial charge is 0.465 e. The molecule has 1 saturated heterocycles. The Morgan fingerprint density at radius 3 is 2.61 bits per heavy atom. The Labute approximate surface area is 200 Å². The fraction of sp³-hybridized carbons (Fsp3) is 0.318. The van der Waals surface area contributed by atoms with E-state index in [0.29, 0.717) is 48.4 Å². The van der Waals surface area contributed by atoms with Crippen molar-refractivity contribution in [3.63, 3.8) is 0 Å². The number of hydrogen-bond acceptors (Lipinski definition) is 7. The van der Waals surface area contributed by atoms with Crippen LogP contribution in [-0.4, -0.2) is 60.3 Å². The highest BCUT2D eigenvalue weighted by Crippen LogP contribution is 2.30. The number of fused-ring (bicyclic) bond motifs is 1. The van der Waals surface area contributed by atoms with Crippen molar-refractivity contribution in [1.29, 1.82) is 0 Å². The number of aromatic amines is 1. The molecule has 36 heavy (non-hydrogen) atoms. The molecule has 14 heteroatoms. The summed E-state index contributed by atoms with van der Waals surface area (Å²) in [5.41, 5.74) is 1.75. The van der Waals surface area contributed by atoms with Gasteiger partial charge in [-0.2, -0.15) is 10.1 Å². The zero-order chi connectivity index (χ0) is 25.4. The molecular formula is C22H19F3N6O5. The van der Waals surface area contributed by atoms with E-state index in [2.05, 4.69) is 25.0 Å². The second-order valence-electron chi connectivity index (χ2n) is 8.30. The zero-order valence-corrected chi connectivity index (χ0v) is 18.5. The average molecular weight is 504 g/mol. The lowest BCUT2D eigenvalue weighted by atomic mass is 9.93. The van der Waals surface area contributed by atoms with Crippen LogP contribution in [0.1, 0.15) is 35.9 Å². The van der Waals surface area contributed by atoms with Gasteiger partial charge < -0.3 is 24.3 Å². The fourth-order valence-electron chi connectivity index (χ4n) is 4.25. The number of carbonyl (C=O) groups is 1. The van der Waals surface area contributed by atoms with Gasteiger partial charge >= 0.3 is 12.5 Å². The summed E-state index contributed by atoms with van der Waals surface area (Å²) in [5.74, 6) is 0.0133. The van der Waals surface area contributed by atoms with Gasteiger partial charge in [-0.25, -0.2) is 9.31 Å². The van der Waals surface area contributed by atoms with Gasteiger partial charge in [0.05, 0.1) is 23.9 Å². The Morgan fingerprint density at radius 1 is 1.22 bits per heavy atom. The summed E-state index contributed by atoms with van der Waals surface area (Å²) in [7, 11) is 0. The number of likely N-dealkylation sites (tertiary alicyclic amines) is 1. The van der Waals surface area contributed by atoms with Crippen LogP contribution in [0.25, 0.3) is 17.0 Å². The molecule has 2 N–H and O–H groups in total. The monoisotopic (exact) mass is 504 g/mol. The summed E-state index contributed by atoms with van der Waals surface area (Å²) < 4.78 is 47.7. The number of benzene rings is 1. The van der Waals surface area contributed by atoms with Gasteiger partial charge in [-0.3, -0.25) is 4.79 Å². The van der Waals surface area contributed by atoms with Gasteiger partial charge in [0.2, 0.25) is 11.7 Å². The summed E-state index contributed by atoms with van der Waals surface area (Å²) in [6.07, 6.45) is -2.96. The molecule has 1 aromatic carbocycles. The summed E-state index contributed by atoms with van der Waals surface area (Å²) in [6.45, 7) is 0.722. The van der Waals surface area contributed by atoms with Crippen LogP contribution in [0.5, 0.6) is 5.75 Å². The Balaban J connectivity index is 1.36. The van der Waals surface area contributed by atoms with Crippen molar-refractivity contribution in [2.45, 2.75) is 31.5 Å². The predicted molar refractivity (Wildman–Crippen MR) is 117 cm³/mol. The van der Waals surface area contributed by atoms with E-state index in [9.17, 15) is 27.9 Å². The predicted octanol–water partition coefficient (Wildman–Crippen LogP) is 3.42. The molecule has 3 aromatic heterocycles. The molecule has 0 atom stereocenters. The quantitative estimate of drug-likeness (QED) is 0.422. The number of halogens is 3. The second-order valence-corrected chi connectivity index (χ2v) is 8.30. The van der Waals surface area contributed by atoms with E-state index >= 15 is 0 Å².